The summed E-state index contributed by atoms with van der Waals surface area (Å²) >= 11 is 0. The molecule has 2 atom stereocenters. The molecule has 37 heavy (non-hydrogen) atoms. The fraction of sp³-hybridized carbons (Fsp3) is 0.438. The second kappa shape index (κ2) is 36.2. The Hall–Kier alpha value is -1.97. The van der Waals surface area contributed by atoms with Crippen molar-refractivity contribution in [3.63, 3.8) is 0 Å². The van der Waals surface area contributed by atoms with Crippen molar-refractivity contribution in [1.82, 2.24) is 0 Å². The van der Waals surface area contributed by atoms with E-state index in [1.807, 2.05) is 13.0 Å². The first-order valence-electron chi connectivity index (χ1n) is 12.2. The minimum Gasteiger partial charge on any atom is -0.508 e. The Balaban J connectivity index is -0.000000120. The van der Waals surface area contributed by atoms with E-state index >= 15 is 0 Å². The van der Waals surface area contributed by atoms with Crippen LogP contribution in [0.5, 0.6) is 5.75 Å². The third-order valence-electron chi connectivity index (χ3n) is 5.01. The Morgan fingerprint density at radius 3 is 1.00 bits per heavy atom. The molecular formula is C32H54O4W. The second-order valence-corrected chi connectivity index (χ2v) is 7.35. The molecule has 5 heteroatoms. The minimum absolute atomic E-state index is 0. The van der Waals surface area contributed by atoms with Crippen LogP contribution in [-0.2, 0) is 25.8 Å². The summed E-state index contributed by atoms with van der Waals surface area (Å²) in [6.45, 7) is 11.7. The zero-order valence-corrected chi connectivity index (χ0v) is 26.5. The molecule has 0 saturated carbocycles. The van der Waals surface area contributed by atoms with Crippen LogP contribution in [0.3, 0.4) is 0 Å². The van der Waals surface area contributed by atoms with E-state index in [-0.39, 0.29) is 28.5 Å². The van der Waals surface area contributed by atoms with Crippen molar-refractivity contribution in [2.75, 3.05) is 27.9 Å². The number of aliphatic hydroxyl groups is 2. The first-order chi connectivity index (χ1) is 17.0. The minimum atomic E-state index is 0. The Morgan fingerprint density at radius 2 is 0.838 bits per heavy atom. The normalized spacial score (nSPS) is 9.78. The summed E-state index contributed by atoms with van der Waals surface area (Å²) in [7, 11) is 3.68. The van der Waals surface area contributed by atoms with Gasteiger partial charge in [-0.05, 0) is 54.9 Å². The van der Waals surface area contributed by atoms with Gasteiger partial charge in [-0.15, -0.1) is 0 Å². The molecule has 0 amide bonds. The average Bonchev–Trinajstić information content (AvgIpc) is 2.96. The van der Waals surface area contributed by atoms with E-state index in [9.17, 15) is 0 Å². The van der Waals surface area contributed by atoms with Crippen molar-refractivity contribution in [3.05, 3.63) is 102 Å². The molecule has 0 spiro atoms. The number of hydrogen-bond donors (Lipinski definition) is 3. The molecule has 212 valence electrons. The van der Waals surface area contributed by atoms with E-state index in [1.165, 1.54) is 24.0 Å². The largest absolute Gasteiger partial charge is 0.508 e. The Morgan fingerprint density at radius 1 is 0.595 bits per heavy atom. The quantitative estimate of drug-likeness (QED) is 0.253. The number of rotatable bonds is 5. The van der Waals surface area contributed by atoms with Crippen LogP contribution in [0.4, 0.5) is 0 Å². The summed E-state index contributed by atoms with van der Waals surface area (Å²) in [6, 6.07) is 30.0. The fourth-order valence-electron chi connectivity index (χ4n) is 2.46. The fourth-order valence-corrected chi connectivity index (χ4v) is 2.46. The Kier molecular flexibility index (Phi) is 44.0. The van der Waals surface area contributed by atoms with E-state index in [1.54, 1.807) is 31.4 Å². The maximum Gasteiger partial charge on any atom is 0.115 e. The van der Waals surface area contributed by atoms with Crippen LogP contribution in [0.1, 0.15) is 77.8 Å². The predicted octanol–water partition coefficient (Wildman–Crippen LogP) is 8.30. The van der Waals surface area contributed by atoms with Crippen LogP contribution < -0.4 is 0 Å². The van der Waals surface area contributed by atoms with Gasteiger partial charge in [0.2, 0.25) is 0 Å². The standard InChI is InChI=1S/2C10H14.C6H6O.C3H8O.2CH4O.CH4.W/c2*1-3-9(2)10-7-5-4-6-8-10;7-6-4-2-1-3-5-6;1-3-4-2;2*1-2;;/h2*4-9H,3H2,1-2H3;1-5,7H;3H2,1-2H3;2*2H,1H3;1H4;. The Bertz CT molecular complexity index is 693. The van der Waals surface area contributed by atoms with Gasteiger partial charge in [-0.2, -0.15) is 0 Å². The first kappa shape index (κ1) is 45.0. The van der Waals surface area contributed by atoms with Gasteiger partial charge in [0.25, 0.3) is 0 Å². The van der Waals surface area contributed by atoms with Crippen molar-refractivity contribution in [3.8, 4) is 5.75 Å². The number of phenols is 1. The SMILES string of the molecule is C.CCC(C)c1ccccc1.CCC(C)c1ccccc1.CCOC.CO.CO.Oc1ccccc1.[W]. The first-order valence-corrected chi connectivity index (χ1v) is 12.2. The number of para-hydroxylation sites is 1. The molecule has 3 N–H and O–H groups in total. The molecule has 3 rings (SSSR count). The summed E-state index contributed by atoms with van der Waals surface area (Å²) in [5, 5.41) is 22.6. The number of methoxy groups -OCH3 is 1. The van der Waals surface area contributed by atoms with Crippen molar-refractivity contribution in [2.24, 2.45) is 0 Å². The predicted molar refractivity (Wildman–Crippen MR) is 159 cm³/mol. The third kappa shape index (κ3) is 28.4. The molecule has 0 bridgehead atoms. The van der Waals surface area contributed by atoms with Crippen molar-refractivity contribution in [1.29, 1.82) is 0 Å². The maximum absolute atomic E-state index is 8.63. The molecule has 4 nitrogen and oxygen atoms in total. The molecule has 3 aromatic rings. The van der Waals surface area contributed by atoms with E-state index in [4.69, 9.17) is 15.3 Å². The number of benzene rings is 3. The van der Waals surface area contributed by atoms with Gasteiger partial charge in [-0.3, -0.25) is 0 Å². The smallest absolute Gasteiger partial charge is 0.115 e. The van der Waals surface area contributed by atoms with Crippen LogP contribution >= 0.6 is 0 Å². The molecular weight excluding hydrogens is 632 g/mol. The van der Waals surface area contributed by atoms with Gasteiger partial charge < -0.3 is 20.1 Å². The Labute approximate surface area is 243 Å². The maximum atomic E-state index is 8.63. The summed E-state index contributed by atoms with van der Waals surface area (Å²) in [5.74, 6) is 1.74. The molecule has 3 aromatic carbocycles. The van der Waals surface area contributed by atoms with Gasteiger partial charge in [0.05, 0.1) is 0 Å². The van der Waals surface area contributed by atoms with E-state index in [2.05, 4.69) is 93.1 Å². The molecule has 0 aliphatic heterocycles. The van der Waals surface area contributed by atoms with E-state index in [0.29, 0.717) is 17.6 Å². The number of ether oxygens (including phenoxy) is 1. The number of aliphatic hydroxyl groups excluding tert-OH is 2. The van der Waals surface area contributed by atoms with Gasteiger partial charge in [0.1, 0.15) is 5.75 Å². The van der Waals surface area contributed by atoms with Crippen molar-refractivity contribution >= 4 is 0 Å². The number of aromatic hydroxyl groups is 1. The van der Waals surface area contributed by atoms with E-state index < -0.39 is 0 Å². The number of hydrogen-bond acceptors (Lipinski definition) is 4. The van der Waals surface area contributed by atoms with Crippen LogP contribution in [0.2, 0.25) is 0 Å². The van der Waals surface area contributed by atoms with Crippen molar-refractivity contribution < 1.29 is 41.1 Å². The molecule has 0 fully saturated rings. The van der Waals surface area contributed by atoms with Crippen molar-refractivity contribution in [2.45, 2.75) is 66.7 Å². The van der Waals surface area contributed by atoms with Gasteiger partial charge in [0.15, 0.2) is 0 Å². The zero-order chi connectivity index (χ0) is 27.3. The topological polar surface area (TPSA) is 69.9 Å². The van der Waals surface area contributed by atoms with Crippen LogP contribution in [-0.4, -0.2) is 43.3 Å². The molecule has 0 aliphatic rings. The summed E-state index contributed by atoms with van der Waals surface area (Å²) in [6.07, 6.45) is 2.45. The van der Waals surface area contributed by atoms with Crippen LogP contribution in [0.15, 0.2) is 91.0 Å². The van der Waals surface area contributed by atoms with Gasteiger partial charge >= 0.3 is 0 Å². The number of phenolic OH excluding ortho intramolecular Hbond substituents is 1. The summed E-state index contributed by atoms with van der Waals surface area (Å²) in [5.41, 5.74) is 2.90. The molecule has 0 aromatic heterocycles. The zero-order valence-electron chi connectivity index (χ0n) is 23.6. The third-order valence-corrected chi connectivity index (χ3v) is 5.01. The molecule has 0 saturated heterocycles. The van der Waals surface area contributed by atoms with Crippen LogP contribution in [0.25, 0.3) is 0 Å². The molecule has 0 heterocycles. The molecule has 2 unspecified atom stereocenters. The van der Waals surface area contributed by atoms with Gasteiger partial charge in [-0.1, -0.05) is 114 Å². The van der Waals surface area contributed by atoms with Gasteiger partial charge in [0, 0.05) is 49.0 Å². The monoisotopic (exact) mass is 686 g/mol. The average molecular weight is 687 g/mol. The molecule has 0 radical (unpaired) electrons. The van der Waals surface area contributed by atoms with E-state index in [0.717, 1.165) is 20.8 Å². The van der Waals surface area contributed by atoms with Gasteiger partial charge in [-0.25, -0.2) is 0 Å². The summed E-state index contributed by atoms with van der Waals surface area (Å²) < 4.78 is 4.54. The van der Waals surface area contributed by atoms with Crippen LogP contribution in [0, 0.1) is 0 Å². The second-order valence-electron chi connectivity index (χ2n) is 7.35. The molecule has 0 aliphatic carbocycles. The summed E-state index contributed by atoms with van der Waals surface area (Å²) in [4.78, 5) is 0.